The van der Waals surface area contributed by atoms with Gasteiger partial charge in [0.25, 0.3) is 0 Å². The van der Waals surface area contributed by atoms with E-state index in [2.05, 4.69) is 15.3 Å². The third-order valence-electron chi connectivity index (χ3n) is 3.99. The molecule has 0 bridgehead atoms. The topological polar surface area (TPSA) is 89.8 Å². The lowest BCUT2D eigenvalue weighted by molar-refractivity contribution is 0.345. The van der Waals surface area contributed by atoms with E-state index in [1.165, 1.54) is 5.56 Å². The third kappa shape index (κ3) is 3.67. The summed E-state index contributed by atoms with van der Waals surface area (Å²) in [6, 6.07) is 10.1. The summed E-state index contributed by atoms with van der Waals surface area (Å²) in [5.41, 5.74) is 13.9. The van der Waals surface area contributed by atoms with Crippen LogP contribution in [0.3, 0.4) is 0 Å². The molecule has 116 valence electrons. The predicted octanol–water partition coefficient (Wildman–Crippen LogP) is 2.57. The summed E-state index contributed by atoms with van der Waals surface area (Å²) in [6.07, 6.45) is 2.84. The van der Waals surface area contributed by atoms with Gasteiger partial charge in [-0.3, -0.25) is 0 Å². The average Bonchev–Trinajstić information content (AvgIpc) is 2.45. The molecule has 3 rings (SSSR count). The van der Waals surface area contributed by atoms with Crippen molar-refractivity contribution in [1.29, 1.82) is 0 Å². The molecule has 2 aromatic rings. The van der Waals surface area contributed by atoms with Crippen LogP contribution in [0.4, 0.5) is 11.8 Å². The van der Waals surface area contributed by atoms with Crippen molar-refractivity contribution in [2.75, 3.05) is 17.6 Å². The Hall–Kier alpha value is -1.85. The molecule has 0 saturated heterocycles. The standard InChI is InChI=1S/C16H20ClN5/c17-12-3-1-10(2-4-12)5-6-20-15-9-14(21-16(19)22-15)11-7-13(18)8-11/h1-4,9,11,13H,5-8,18H2,(H3,19,20,21,22). The van der Waals surface area contributed by atoms with Gasteiger partial charge in [-0.1, -0.05) is 23.7 Å². The molecule has 1 aliphatic carbocycles. The molecule has 6 heteroatoms. The number of hydrogen-bond donors (Lipinski definition) is 3. The maximum absolute atomic E-state index is 5.88. The number of nitrogens with zero attached hydrogens (tertiary/aromatic N) is 2. The number of rotatable bonds is 5. The SMILES string of the molecule is Nc1nc(NCCc2ccc(Cl)cc2)cc(C2CC(N)C2)n1. The lowest BCUT2D eigenvalue weighted by Gasteiger charge is -2.32. The first kappa shape index (κ1) is 15.1. The van der Waals surface area contributed by atoms with Crippen LogP contribution in [-0.4, -0.2) is 22.6 Å². The highest BCUT2D eigenvalue weighted by Gasteiger charge is 2.29. The van der Waals surface area contributed by atoms with Crippen LogP contribution in [0.2, 0.25) is 5.02 Å². The van der Waals surface area contributed by atoms with E-state index in [-0.39, 0.29) is 0 Å². The molecule has 0 radical (unpaired) electrons. The number of hydrogen-bond acceptors (Lipinski definition) is 5. The Balaban J connectivity index is 1.59. The Labute approximate surface area is 135 Å². The van der Waals surface area contributed by atoms with Gasteiger partial charge < -0.3 is 16.8 Å². The van der Waals surface area contributed by atoms with Crippen molar-refractivity contribution in [3.8, 4) is 0 Å². The highest BCUT2D eigenvalue weighted by atomic mass is 35.5. The molecule has 0 aliphatic heterocycles. The van der Waals surface area contributed by atoms with Gasteiger partial charge in [0.05, 0.1) is 5.69 Å². The van der Waals surface area contributed by atoms with Crippen molar-refractivity contribution in [1.82, 2.24) is 9.97 Å². The van der Waals surface area contributed by atoms with Crippen LogP contribution in [-0.2, 0) is 6.42 Å². The largest absolute Gasteiger partial charge is 0.370 e. The van der Waals surface area contributed by atoms with E-state index in [1.807, 2.05) is 30.3 Å². The first-order valence-corrected chi connectivity index (χ1v) is 7.86. The molecule has 5 N–H and O–H groups in total. The van der Waals surface area contributed by atoms with Crippen molar-refractivity contribution < 1.29 is 0 Å². The molecule has 22 heavy (non-hydrogen) atoms. The van der Waals surface area contributed by atoms with Crippen LogP contribution >= 0.6 is 11.6 Å². The Morgan fingerprint density at radius 1 is 1.18 bits per heavy atom. The maximum Gasteiger partial charge on any atom is 0.222 e. The highest BCUT2D eigenvalue weighted by Crippen LogP contribution is 2.35. The molecule has 0 unspecified atom stereocenters. The lowest BCUT2D eigenvalue weighted by Crippen LogP contribution is -2.35. The number of nitrogens with two attached hydrogens (primary N) is 2. The molecule has 1 aromatic heterocycles. The van der Waals surface area contributed by atoms with Crippen molar-refractivity contribution in [3.05, 3.63) is 46.6 Å². The zero-order valence-electron chi connectivity index (χ0n) is 12.3. The van der Waals surface area contributed by atoms with Gasteiger partial charge in [-0.15, -0.1) is 0 Å². The van der Waals surface area contributed by atoms with Crippen LogP contribution in [0.1, 0.15) is 30.0 Å². The minimum Gasteiger partial charge on any atom is -0.370 e. The Morgan fingerprint density at radius 3 is 2.59 bits per heavy atom. The summed E-state index contributed by atoms with van der Waals surface area (Å²) >= 11 is 5.88. The second kappa shape index (κ2) is 6.50. The third-order valence-corrected chi connectivity index (χ3v) is 4.24. The summed E-state index contributed by atoms with van der Waals surface area (Å²) in [5, 5.41) is 4.06. The molecule has 5 nitrogen and oxygen atoms in total. The molecule has 0 atom stereocenters. The molecule has 1 heterocycles. The quantitative estimate of drug-likeness (QED) is 0.788. The number of benzene rings is 1. The van der Waals surface area contributed by atoms with Gasteiger partial charge in [-0.25, -0.2) is 4.98 Å². The molecule has 1 aliphatic rings. The average molecular weight is 318 g/mol. The van der Waals surface area contributed by atoms with Gasteiger partial charge >= 0.3 is 0 Å². The Kier molecular flexibility index (Phi) is 4.45. The molecular formula is C16H20ClN5. The summed E-state index contributed by atoms with van der Waals surface area (Å²) in [6.45, 7) is 0.779. The number of halogens is 1. The normalized spacial score (nSPS) is 20.5. The Bertz CT molecular complexity index is 637. The minimum absolute atomic E-state index is 0.294. The monoisotopic (exact) mass is 317 g/mol. The lowest BCUT2D eigenvalue weighted by atomic mass is 9.78. The van der Waals surface area contributed by atoms with Gasteiger partial charge in [0, 0.05) is 29.6 Å². The Morgan fingerprint density at radius 2 is 1.91 bits per heavy atom. The zero-order chi connectivity index (χ0) is 15.5. The molecular weight excluding hydrogens is 298 g/mol. The smallest absolute Gasteiger partial charge is 0.222 e. The fraction of sp³-hybridized carbons (Fsp3) is 0.375. The van der Waals surface area contributed by atoms with Crippen molar-refractivity contribution in [2.45, 2.75) is 31.2 Å². The van der Waals surface area contributed by atoms with Crippen LogP contribution in [0.15, 0.2) is 30.3 Å². The summed E-state index contributed by atoms with van der Waals surface area (Å²) in [4.78, 5) is 8.56. The van der Waals surface area contributed by atoms with Gasteiger partial charge in [0.2, 0.25) is 5.95 Å². The van der Waals surface area contributed by atoms with E-state index in [1.54, 1.807) is 0 Å². The molecule has 1 saturated carbocycles. The number of anilines is 2. The summed E-state index contributed by atoms with van der Waals surface area (Å²) in [7, 11) is 0. The molecule has 0 spiro atoms. The minimum atomic E-state index is 0.294. The van der Waals surface area contributed by atoms with E-state index in [0.29, 0.717) is 17.9 Å². The number of nitrogen functional groups attached to an aromatic ring is 1. The second-order valence-corrected chi connectivity index (χ2v) is 6.20. The maximum atomic E-state index is 5.88. The number of aromatic nitrogens is 2. The van der Waals surface area contributed by atoms with E-state index in [9.17, 15) is 0 Å². The number of nitrogens with one attached hydrogen (secondary N) is 1. The first-order chi connectivity index (χ1) is 10.6. The van der Waals surface area contributed by atoms with Crippen LogP contribution in [0.5, 0.6) is 0 Å². The fourth-order valence-corrected chi connectivity index (χ4v) is 2.80. The first-order valence-electron chi connectivity index (χ1n) is 7.48. The predicted molar refractivity (Wildman–Crippen MR) is 90.0 cm³/mol. The van der Waals surface area contributed by atoms with E-state index < -0.39 is 0 Å². The molecule has 1 fully saturated rings. The van der Waals surface area contributed by atoms with Crippen LogP contribution in [0.25, 0.3) is 0 Å². The fourth-order valence-electron chi connectivity index (χ4n) is 2.67. The van der Waals surface area contributed by atoms with E-state index in [4.69, 9.17) is 23.1 Å². The molecule has 0 amide bonds. The van der Waals surface area contributed by atoms with Gasteiger partial charge in [-0.05, 0) is 37.0 Å². The van der Waals surface area contributed by atoms with Gasteiger partial charge in [0.1, 0.15) is 5.82 Å². The zero-order valence-corrected chi connectivity index (χ0v) is 13.1. The van der Waals surface area contributed by atoms with Gasteiger partial charge in [-0.2, -0.15) is 4.98 Å². The van der Waals surface area contributed by atoms with E-state index in [0.717, 1.165) is 42.3 Å². The van der Waals surface area contributed by atoms with Gasteiger partial charge in [0.15, 0.2) is 0 Å². The van der Waals surface area contributed by atoms with E-state index >= 15 is 0 Å². The van der Waals surface area contributed by atoms with Crippen molar-refractivity contribution in [2.24, 2.45) is 5.73 Å². The van der Waals surface area contributed by atoms with Crippen molar-refractivity contribution in [3.63, 3.8) is 0 Å². The van der Waals surface area contributed by atoms with Crippen molar-refractivity contribution >= 4 is 23.4 Å². The summed E-state index contributed by atoms with van der Waals surface area (Å²) < 4.78 is 0. The van der Waals surface area contributed by atoms with Crippen LogP contribution in [0, 0.1) is 0 Å². The highest BCUT2D eigenvalue weighted by molar-refractivity contribution is 6.30. The van der Waals surface area contributed by atoms with Crippen LogP contribution < -0.4 is 16.8 Å². The molecule has 1 aromatic carbocycles. The summed E-state index contributed by atoms with van der Waals surface area (Å²) in [5.74, 6) is 1.50. The second-order valence-electron chi connectivity index (χ2n) is 5.77.